The molecule has 2 amide bonds. The molecule has 0 saturated carbocycles. The van der Waals surface area contributed by atoms with Gasteiger partial charge in [0.2, 0.25) is 5.91 Å². The number of hydrogen-bond donors (Lipinski definition) is 4. The zero-order chi connectivity index (χ0) is 24.4. The number of rotatable bonds is 5. The number of para-hydroxylation sites is 1. The van der Waals surface area contributed by atoms with Gasteiger partial charge < -0.3 is 26.2 Å². The van der Waals surface area contributed by atoms with Crippen LogP contribution in [0.1, 0.15) is 30.3 Å². The molecule has 34 heavy (non-hydrogen) atoms. The van der Waals surface area contributed by atoms with Crippen LogP contribution in [0.5, 0.6) is 5.75 Å². The van der Waals surface area contributed by atoms with Crippen LogP contribution >= 0.6 is 0 Å². The average Bonchev–Trinajstić information content (AvgIpc) is 2.80. The number of carbonyl (C=O) groups excluding carboxylic acids is 2. The number of aliphatic hydroxyl groups excluding tert-OH is 1. The van der Waals surface area contributed by atoms with Crippen LogP contribution in [0, 0.1) is 5.82 Å². The Kier molecular flexibility index (Phi) is 6.47. The summed E-state index contributed by atoms with van der Waals surface area (Å²) in [7, 11) is 0. The smallest absolute Gasteiger partial charge is 0.267 e. The summed E-state index contributed by atoms with van der Waals surface area (Å²) < 4.78 is 14.5. The van der Waals surface area contributed by atoms with E-state index >= 15 is 0 Å². The highest BCUT2D eigenvalue weighted by Gasteiger charge is 2.21. The Morgan fingerprint density at radius 1 is 1.09 bits per heavy atom. The maximum Gasteiger partial charge on any atom is 0.267 e. The lowest BCUT2D eigenvalue weighted by Gasteiger charge is -2.31. The summed E-state index contributed by atoms with van der Waals surface area (Å²) in [6, 6.07) is 12.6. The number of piperidine rings is 1. The van der Waals surface area contributed by atoms with Gasteiger partial charge in [-0.3, -0.25) is 9.59 Å². The number of benzene rings is 2. The normalized spacial score (nSPS) is 14.1. The number of anilines is 2. The van der Waals surface area contributed by atoms with E-state index in [4.69, 9.17) is 5.73 Å². The summed E-state index contributed by atoms with van der Waals surface area (Å²) in [6.07, 6.45) is 0.796. The van der Waals surface area contributed by atoms with Crippen molar-refractivity contribution in [2.24, 2.45) is 5.73 Å². The average molecular weight is 464 g/mol. The molecule has 1 fully saturated rings. The number of halogens is 1. The van der Waals surface area contributed by atoms with Gasteiger partial charge in [0, 0.05) is 31.1 Å². The molecule has 2 aromatic carbocycles. The van der Waals surface area contributed by atoms with Gasteiger partial charge in [-0.2, -0.15) is 0 Å². The summed E-state index contributed by atoms with van der Waals surface area (Å²) in [5.41, 5.74) is 7.35. The highest BCUT2D eigenvalue weighted by molar-refractivity contribution is 5.94. The number of aromatic nitrogens is 1. The van der Waals surface area contributed by atoms with Crippen LogP contribution in [0.3, 0.4) is 0 Å². The summed E-state index contributed by atoms with van der Waals surface area (Å²) in [4.78, 5) is 29.5. The molecule has 5 N–H and O–H groups in total. The fourth-order valence-electron chi connectivity index (χ4n) is 4.04. The maximum atomic E-state index is 14.5. The topological polar surface area (TPSA) is 129 Å². The number of aromatic hydroxyl groups is 1. The largest absolute Gasteiger partial charge is 0.507 e. The first kappa shape index (κ1) is 23.2. The number of aliphatic hydroxyl groups is 1. The summed E-state index contributed by atoms with van der Waals surface area (Å²) in [5.74, 6) is -1.30. The molecule has 9 heteroatoms. The van der Waals surface area contributed by atoms with Gasteiger partial charge in [0.25, 0.3) is 5.91 Å². The second-order valence-electron chi connectivity index (χ2n) is 8.26. The van der Waals surface area contributed by atoms with Gasteiger partial charge in [-0.05, 0) is 48.2 Å². The second-order valence-corrected chi connectivity index (χ2v) is 8.26. The van der Waals surface area contributed by atoms with Crippen molar-refractivity contribution in [1.29, 1.82) is 0 Å². The minimum Gasteiger partial charge on any atom is -0.507 e. The van der Waals surface area contributed by atoms with Crippen molar-refractivity contribution >= 4 is 23.3 Å². The Bertz CT molecular complexity index is 1260. The summed E-state index contributed by atoms with van der Waals surface area (Å²) >= 11 is 0. The van der Waals surface area contributed by atoms with Gasteiger partial charge >= 0.3 is 0 Å². The third-order valence-corrected chi connectivity index (χ3v) is 5.79. The first-order valence-corrected chi connectivity index (χ1v) is 10.9. The molecule has 2 heterocycles. The lowest BCUT2D eigenvalue weighted by molar-refractivity contribution is -0.114. The molecule has 8 nitrogen and oxygen atoms in total. The molecule has 176 valence electrons. The number of pyridine rings is 1. The van der Waals surface area contributed by atoms with Crippen LogP contribution < -0.4 is 16.0 Å². The van der Waals surface area contributed by atoms with Gasteiger partial charge in [0.05, 0.1) is 11.8 Å². The lowest BCUT2D eigenvalue weighted by Crippen LogP contribution is -2.36. The first-order valence-electron chi connectivity index (χ1n) is 10.9. The quantitative estimate of drug-likeness (QED) is 0.459. The number of phenolic OH excluding ortho intramolecular Hbond substituents is 1. The number of nitrogens with one attached hydrogen (secondary N) is 1. The van der Waals surface area contributed by atoms with E-state index in [-0.39, 0.29) is 23.2 Å². The monoisotopic (exact) mass is 464 g/mol. The van der Waals surface area contributed by atoms with Gasteiger partial charge in [-0.25, -0.2) is 9.37 Å². The SMILES string of the molecule is CC(=O)Nc1ccc(-c2cccc(-c3cc(C(N)=O)nc(N4CCC(O)CC4)c3)c2O)cc1F. The molecule has 0 radical (unpaired) electrons. The van der Waals surface area contributed by atoms with Gasteiger partial charge in [-0.1, -0.05) is 24.3 Å². The number of hydrogen-bond acceptors (Lipinski definition) is 6. The molecule has 1 aromatic heterocycles. The number of amides is 2. The number of nitrogens with two attached hydrogens (primary N) is 1. The van der Waals surface area contributed by atoms with Crippen LogP contribution in [0.15, 0.2) is 48.5 Å². The Morgan fingerprint density at radius 2 is 1.76 bits per heavy atom. The van der Waals surface area contributed by atoms with Crippen molar-refractivity contribution in [3.63, 3.8) is 0 Å². The predicted molar refractivity (Wildman–Crippen MR) is 127 cm³/mol. The minimum atomic E-state index is -0.702. The molecule has 4 rings (SSSR count). The van der Waals surface area contributed by atoms with E-state index in [1.807, 2.05) is 4.90 Å². The van der Waals surface area contributed by atoms with Crippen LogP contribution in [0.4, 0.5) is 15.9 Å². The summed E-state index contributed by atoms with van der Waals surface area (Å²) in [5, 5.41) is 23.3. The summed E-state index contributed by atoms with van der Waals surface area (Å²) in [6.45, 7) is 2.43. The van der Waals surface area contributed by atoms with E-state index in [1.54, 1.807) is 30.3 Å². The third kappa shape index (κ3) is 4.84. The van der Waals surface area contributed by atoms with Crippen molar-refractivity contribution in [1.82, 2.24) is 4.98 Å². The Labute approximate surface area is 195 Å². The van der Waals surface area contributed by atoms with Gasteiger partial charge in [0.15, 0.2) is 0 Å². The number of phenols is 1. The molecular formula is C25H25FN4O4. The Morgan fingerprint density at radius 3 is 2.38 bits per heavy atom. The van der Waals surface area contributed by atoms with E-state index in [0.29, 0.717) is 54.0 Å². The first-order chi connectivity index (χ1) is 16.2. The number of nitrogens with zero attached hydrogens (tertiary/aromatic N) is 2. The van der Waals surface area contributed by atoms with E-state index in [9.17, 15) is 24.2 Å². The fraction of sp³-hybridized carbons (Fsp3) is 0.240. The fourth-order valence-corrected chi connectivity index (χ4v) is 4.04. The van der Waals surface area contributed by atoms with Crippen molar-refractivity contribution in [3.8, 4) is 28.0 Å². The molecule has 0 unspecified atom stereocenters. The van der Waals surface area contributed by atoms with Crippen LogP contribution in [-0.4, -0.2) is 46.2 Å². The van der Waals surface area contributed by atoms with Gasteiger partial charge in [-0.15, -0.1) is 0 Å². The number of primary amides is 1. The van der Waals surface area contributed by atoms with Crippen molar-refractivity contribution in [2.45, 2.75) is 25.9 Å². The highest BCUT2D eigenvalue weighted by atomic mass is 19.1. The van der Waals surface area contributed by atoms with E-state index in [2.05, 4.69) is 10.3 Å². The molecule has 3 aromatic rings. The Balaban J connectivity index is 1.76. The zero-order valence-electron chi connectivity index (χ0n) is 18.6. The van der Waals surface area contributed by atoms with E-state index in [1.165, 1.54) is 25.1 Å². The van der Waals surface area contributed by atoms with Gasteiger partial charge in [0.1, 0.15) is 23.1 Å². The van der Waals surface area contributed by atoms with Crippen molar-refractivity contribution in [3.05, 3.63) is 60.0 Å². The molecule has 0 aliphatic carbocycles. The molecule has 1 saturated heterocycles. The third-order valence-electron chi connectivity index (χ3n) is 5.79. The molecule has 0 spiro atoms. The Hall–Kier alpha value is -3.98. The maximum absolute atomic E-state index is 14.5. The molecule has 0 bridgehead atoms. The number of carbonyl (C=O) groups is 2. The predicted octanol–water partition coefficient (Wildman–Crippen LogP) is 3.28. The van der Waals surface area contributed by atoms with Crippen molar-refractivity contribution in [2.75, 3.05) is 23.3 Å². The van der Waals surface area contributed by atoms with Crippen molar-refractivity contribution < 1.29 is 24.2 Å². The molecule has 0 atom stereocenters. The van der Waals surface area contributed by atoms with Crippen LogP contribution in [-0.2, 0) is 4.79 Å². The second kappa shape index (κ2) is 9.48. The molecule has 1 aliphatic rings. The van der Waals surface area contributed by atoms with E-state index < -0.39 is 17.6 Å². The lowest BCUT2D eigenvalue weighted by atomic mass is 9.96. The molecular weight excluding hydrogens is 439 g/mol. The van der Waals surface area contributed by atoms with Crippen LogP contribution in [0.25, 0.3) is 22.3 Å². The molecule has 1 aliphatic heterocycles. The highest BCUT2D eigenvalue weighted by Crippen LogP contribution is 2.40. The minimum absolute atomic E-state index is 0.0448. The standard InChI is InChI=1S/C25H25FN4O4/c1-14(31)28-21-6-5-15(11-20(21)26)18-3-2-4-19(24(18)33)16-12-22(25(27)34)29-23(13-16)30-9-7-17(32)8-10-30/h2-6,11-13,17,32-33H,7-10H2,1H3,(H2,27,34)(H,28,31). The zero-order valence-corrected chi connectivity index (χ0v) is 18.6. The van der Waals surface area contributed by atoms with Crippen LogP contribution in [0.2, 0.25) is 0 Å². The van der Waals surface area contributed by atoms with E-state index in [0.717, 1.165) is 0 Å².